The molecule has 1 rings (SSSR count). The molecule has 1 aliphatic heterocycles. The molecule has 3 nitrogen and oxygen atoms in total. The Hall–Kier alpha value is -0.440. The fraction of sp³-hybridized carbons (Fsp3) is 1.00. The number of nitrogens with zero attached hydrogens (tertiary/aromatic N) is 1. The molecule has 58 valence electrons. The SMILES string of the molecule is CC[C@H]1CC[C@@H](CN=O)O1. The summed E-state index contributed by atoms with van der Waals surface area (Å²) in [5, 5.41) is 2.81. The van der Waals surface area contributed by atoms with Gasteiger partial charge in [-0.3, -0.25) is 0 Å². The van der Waals surface area contributed by atoms with Crippen LogP contribution in [-0.2, 0) is 4.74 Å². The van der Waals surface area contributed by atoms with Gasteiger partial charge in [0.15, 0.2) is 0 Å². The molecule has 0 aromatic heterocycles. The number of rotatable bonds is 3. The molecular weight excluding hydrogens is 130 g/mol. The van der Waals surface area contributed by atoms with Gasteiger partial charge in [-0.05, 0) is 19.3 Å². The van der Waals surface area contributed by atoms with Crippen molar-refractivity contribution in [2.75, 3.05) is 6.54 Å². The third-order valence-electron chi connectivity index (χ3n) is 1.93. The Kier molecular flexibility index (Phi) is 2.81. The predicted molar refractivity (Wildman–Crippen MR) is 38.8 cm³/mol. The molecule has 0 aromatic rings. The summed E-state index contributed by atoms with van der Waals surface area (Å²) in [5.74, 6) is 0. The summed E-state index contributed by atoms with van der Waals surface area (Å²) in [7, 11) is 0. The normalized spacial score (nSPS) is 32.5. The first kappa shape index (κ1) is 7.66. The third kappa shape index (κ3) is 1.77. The maximum atomic E-state index is 9.83. The summed E-state index contributed by atoms with van der Waals surface area (Å²) in [6, 6.07) is 0. The number of nitroso groups, excluding NO2 is 1. The molecule has 0 radical (unpaired) electrons. The highest BCUT2D eigenvalue weighted by Crippen LogP contribution is 2.21. The van der Waals surface area contributed by atoms with Crippen LogP contribution in [0, 0.1) is 4.91 Å². The van der Waals surface area contributed by atoms with E-state index < -0.39 is 0 Å². The lowest BCUT2D eigenvalue weighted by Crippen LogP contribution is -2.12. The minimum Gasteiger partial charge on any atom is -0.373 e. The topological polar surface area (TPSA) is 38.7 Å². The van der Waals surface area contributed by atoms with E-state index in [1.165, 1.54) is 0 Å². The molecule has 0 amide bonds. The minimum atomic E-state index is 0.113. The van der Waals surface area contributed by atoms with E-state index in [-0.39, 0.29) is 6.10 Å². The summed E-state index contributed by atoms with van der Waals surface area (Å²) in [4.78, 5) is 9.83. The fourth-order valence-electron chi connectivity index (χ4n) is 1.30. The monoisotopic (exact) mass is 143 g/mol. The highest BCUT2D eigenvalue weighted by Gasteiger charge is 2.23. The van der Waals surface area contributed by atoms with Gasteiger partial charge in [-0.15, -0.1) is 0 Å². The standard InChI is InChI=1S/C7H13NO2/c1-2-6-3-4-7(10-6)5-8-9/h6-7H,2-5H2,1H3/t6-,7-/m0/s1. The predicted octanol–water partition coefficient (Wildman–Crippen LogP) is 1.71. The van der Waals surface area contributed by atoms with Crippen LogP contribution < -0.4 is 0 Å². The zero-order valence-corrected chi connectivity index (χ0v) is 6.25. The lowest BCUT2D eigenvalue weighted by Gasteiger charge is -2.07. The number of ether oxygens (including phenoxy) is 1. The second kappa shape index (κ2) is 3.66. The average Bonchev–Trinajstić information content (AvgIpc) is 2.37. The van der Waals surface area contributed by atoms with E-state index in [4.69, 9.17) is 4.74 Å². The van der Waals surface area contributed by atoms with Crippen LogP contribution in [0.1, 0.15) is 26.2 Å². The van der Waals surface area contributed by atoms with Crippen LogP contribution in [0.2, 0.25) is 0 Å². The summed E-state index contributed by atoms with van der Waals surface area (Å²) in [6.07, 6.45) is 3.64. The van der Waals surface area contributed by atoms with Crippen LogP contribution in [0.5, 0.6) is 0 Å². The molecule has 1 fully saturated rings. The van der Waals surface area contributed by atoms with Crippen LogP contribution in [0.4, 0.5) is 0 Å². The zero-order valence-electron chi connectivity index (χ0n) is 6.25. The molecule has 3 heteroatoms. The first-order chi connectivity index (χ1) is 4.86. The lowest BCUT2D eigenvalue weighted by molar-refractivity contribution is 0.0485. The van der Waals surface area contributed by atoms with Crippen molar-refractivity contribution in [1.82, 2.24) is 0 Å². The van der Waals surface area contributed by atoms with Gasteiger partial charge in [0.1, 0.15) is 6.54 Å². The summed E-state index contributed by atoms with van der Waals surface area (Å²) >= 11 is 0. The number of hydrogen-bond donors (Lipinski definition) is 0. The Balaban J connectivity index is 2.21. The summed E-state index contributed by atoms with van der Waals surface area (Å²) < 4.78 is 5.46. The molecule has 2 atom stereocenters. The van der Waals surface area contributed by atoms with Crippen molar-refractivity contribution >= 4 is 0 Å². The van der Waals surface area contributed by atoms with Gasteiger partial charge in [0.2, 0.25) is 0 Å². The Morgan fingerprint density at radius 1 is 1.50 bits per heavy atom. The Labute approximate surface area is 60.7 Å². The largest absolute Gasteiger partial charge is 0.373 e. The second-order valence-corrected chi connectivity index (χ2v) is 2.68. The first-order valence-corrected chi connectivity index (χ1v) is 3.81. The van der Waals surface area contributed by atoms with Crippen molar-refractivity contribution in [2.45, 2.75) is 38.4 Å². The van der Waals surface area contributed by atoms with Crippen LogP contribution in [0.15, 0.2) is 5.18 Å². The van der Waals surface area contributed by atoms with E-state index in [1.807, 2.05) is 0 Å². The van der Waals surface area contributed by atoms with Crippen molar-refractivity contribution in [1.29, 1.82) is 0 Å². The molecule has 0 aromatic carbocycles. The van der Waals surface area contributed by atoms with Crippen LogP contribution in [-0.4, -0.2) is 18.8 Å². The zero-order chi connectivity index (χ0) is 7.40. The molecule has 0 bridgehead atoms. The minimum absolute atomic E-state index is 0.113. The van der Waals surface area contributed by atoms with Crippen molar-refractivity contribution < 1.29 is 4.74 Å². The van der Waals surface area contributed by atoms with Gasteiger partial charge in [0.05, 0.1) is 12.2 Å². The highest BCUT2D eigenvalue weighted by atomic mass is 16.5. The molecule has 1 saturated heterocycles. The van der Waals surface area contributed by atoms with Crippen LogP contribution in [0.3, 0.4) is 0 Å². The fourth-order valence-corrected chi connectivity index (χ4v) is 1.30. The third-order valence-corrected chi connectivity index (χ3v) is 1.93. The van der Waals surface area contributed by atoms with Crippen molar-refractivity contribution in [3.05, 3.63) is 4.91 Å². The second-order valence-electron chi connectivity index (χ2n) is 2.68. The number of hydrogen-bond acceptors (Lipinski definition) is 3. The van der Waals surface area contributed by atoms with Gasteiger partial charge in [-0.2, -0.15) is 4.91 Å². The molecular formula is C7H13NO2. The van der Waals surface area contributed by atoms with E-state index in [1.54, 1.807) is 0 Å². The Morgan fingerprint density at radius 3 is 2.70 bits per heavy atom. The van der Waals surface area contributed by atoms with Gasteiger partial charge in [-0.1, -0.05) is 12.1 Å². The van der Waals surface area contributed by atoms with Crippen molar-refractivity contribution in [3.8, 4) is 0 Å². The molecule has 0 N–H and O–H groups in total. The van der Waals surface area contributed by atoms with E-state index in [2.05, 4.69) is 12.1 Å². The van der Waals surface area contributed by atoms with Gasteiger partial charge >= 0.3 is 0 Å². The van der Waals surface area contributed by atoms with Crippen LogP contribution in [0.25, 0.3) is 0 Å². The van der Waals surface area contributed by atoms with E-state index in [9.17, 15) is 4.91 Å². The molecule has 0 spiro atoms. The van der Waals surface area contributed by atoms with Gasteiger partial charge in [-0.25, -0.2) is 0 Å². The quantitative estimate of drug-likeness (QED) is 0.564. The summed E-state index contributed by atoms with van der Waals surface area (Å²) in [6.45, 7) is 2.43. The van der Waals surface area contributed by atoms with E-state index in [0.29, 0.717) is 12.6 Å². The van der Waals surface area contributed by atoms with Crippen molar-refractivity contribution in [3.63, 3.8) is 0 Å². The van der Waals surface area contributed by atoms with Gasteiger partial charge in [0.25, 0.3) is 0 Å². The summed E-state index contributed by atoms with van der Waals surface area (Å²) in [5.41, 5.74) is 0. The van der Waals surface area contributed by atoms with Gasteiger partial charge < -0.3 is 4.74 Å². The molecule has 10 heavy (non-hydrogen) atoms. The molecule has 0 unspecified atom stereocenters. The Bertz CT molecular complexity index is 116. The maximum absolute atomic E-state index is 9.83. The van der Waals surface area contributed by atoms with E-state index in [0.717, 1.165) is 19.3 Å². The van der Waals surface area contributed by atoms with Gasteiger partial charge in [0, 0.05) is 0 Å². The molecule has 0 saturated carbocycles. The average molecular weight is 143 g/mol. The smallest absolute Gasteiger partial charge is 0.107 e. The first-order valence-electron chi connectivity index (χ1n) is 3.81. The molecule has 1 aliphatic rings. The highest BCUT2D eigenvalue weighted by molar-refractivity contribution is 4.73. The molecule has 1 heterocycles. The van der Waals surface area contributed by atoms with E-state index >= 15 is 0 Å². The maximum Gasteiger partial charge on any atom is 0.107 e. The molecule has 0 aliphatic carbocycles. The van der Waals surface area contributed by atoms with Crippen molar-refractivity contribution in [2.24, 2.45) is 5.18 Å². The lowest BCUT2D eigenvalue weighted by atomic mass is 10.2. The Morgan fingerprint density at radius 2 is 2.20 bits per heavy atom. The van der Waals surface area contributed by atoms with Crippen LogP contribution >= 0.6 is 0 Å².